The van der Waals surface area contributed by atoms with E-state index in [0.29, 0.717) is 25.3 Å². The molecule has 1 atom stereocenters. The number of H-pyrrole nitrogens is 1. The van der Waals surface area contributed by atoms with E-state index in [-0.39, 0.29) is 36.8 Å². The van der Waals surface area contributed by atoms with Gasteiger partial charge in [-0.3, -0.25) is 4.79 Å². The predicted octanol–water partition coefficient (Wildman–Crippen LogP) is 3.48. The van der Waals surface area contributed by atoms with Crippen molar-refractivity contribution in [1.29, 1.82) is 0 Å². The number of carbonyl (C=O) groups is 1. The van der Waals surface area contributed by atoms with Crippen molar-refractivity contribution in [3.63, 3.8) is 0 Å². The number of carbonyl (C=O) groups excluding carboxylic acids is 1. The number of fused-ring (bicyclic) bond motifs is 1. The van der Waals surface area contributed by atoms with E-state index < -0.39 is 0 Å². The molecule has 1 unspecified atom stereocenters. The Morgan fingerprint density at radius 3 is 2.60 bits per heavy atom. The van der Waals surface area contributed by atoms with Crippen LogP contribution < -0.4 is 5.73 Å². The van der Waals surface area contributed by atoms with Gasteiger partial charge in [0.25, 0.3) is 0 Å². The molecule has 2 aromatic rings. The molecule has 0 saturated heterocycles. The van der Waals surface area contributed by atoms with Gasteiger partial charge < -0.3 is 15.6 Å². The molecule has 1 aromatic carbocycles. The third kappa shape index (κ3) is 6.49. The molecule has 5 nitrogen and oxygen atoms in total. The van der Waals surface area contributed by atoms with Crippen LogP contribution in [0.1, 0.15) is 38.1 Å². The van der Waals surface area contributed by atoms with Gasteiger partial charge in [-0.1, -0.05) is 26.0 Å². The number of nitrogens with two attached hydrogens (primary N) is 1. The largest absolute Gasteiger partial charge is 0.346 e. The highest BCUT2D eigenvalue weighted by atomic mass is 35.5. The molecule has 142 valence electrons. The number of hydrogen-bond donors (Lipinski definition) is 2. The number of aromatic nitrogens is 2. The van der Waals surface area contributed by atoms with E-state index in [1.807, 2.05) is 32.2 Å². The molecule has 0 aliphatic carbocycles. The van der Waals surface area contributed by atoms with Gasteiger partial charge in [0.05, 0.1) is 11.0 Å². The highest BCUT2D eigenvalue weighted by Gasteiger charge is 2.14. The van der Waals surface area contributed by atoms with Crippen molar-refractivity contribution in [3.05, 3.63) is 29.6 Å². The van der Waals surface area contributed by atoms with E-state index in [2.05, 4.69) is 23.8 Å². The summed E-state index contributed by atoms with van der Waals surface area (Å²) >= 11 is 0. The molecule has 7 heteroatoms. The first-order chi connectivity index (χ1) is 10.9. The molecule has 0 aliphatic heterocycles. The maximum absolute atomic E-state index is 12.2. The second kappa shape index (κ2) is 10.6. The van der Waals surface area contributed by atoms with Gasteiger partial charge in [0, 0.05) is 32.5 Å². The lowest BCUT2D eigenvalue weighted by molar-refractivity contribution is -0.130. The topological polar surface area (TPSA) is 75.0 Å². The molecule has 1 heterocycles. The fourth-order valence-electron chi connectivity index (χ4n) is 2.56. The molecule has 1 amide bonds. The molecular weight excluding hydrogens is 359 g/mol. The summed E-state index contributed by atoms with van der Waals surface area (Å²) in [4.78, 5) is 21.9. The first kappa shape index (κ1) is 23.7. The molecule has 0 bridgehead atoms. The number of aryl methyl sites for hydroxylation is 2. The molecule has 25 heavy (non-hydrogen) atoms. The number of hydrogen-bond acceptors (Lipinski definition) is 3. The molecule has 0 saturated carbocycles. The zero-order valence-corrected chi connectivity index (χ0v) is 17.0. The summed E-state index contributed by atoms with van der Waals surface area (Å²) < 4.78 is 0. The molecule has 0 radical (unpaired) electrons. The van der Waals surface area contributed by atoms with Crippen LogP contribution in [0.25, 0.3) is 11.0 Å². The van der Waals surface area contributed by atoms with E-state index in [4.69, 9.17) is 5.73 Å². The molecule has 2 rings (SSSR count). The molecule has 0 spiro atoms. The minimum Gasteiger partial charge on any atom is -0.346 e. The number of amides is 1. The third-order valence-corrected chi connectivity index (χ3v) is 4.42. The molecule has 3 N–H and O–H groups in total. The van der Waals surface area contributed by atoms with Gasteiger partial charge >= 0.3 is 0 Å². The first-order valence-corrected chi connectivity index (χ1v) is 8.32. The van der Waals surface area contributed by atoms with Gasteiger partial charge in [0.1, 0.15) is 5.82 Å². The van der Waals surface area contributed by atoms with Crippen LogP contribution in [0, 0.1) is 12.8 Å². The summed E-state index contributed by atoms with van der Waals surface area (Å²) in [6.07, 6.45) is 1.93. The quantitative estimate of drug-likeness (QED) is 0.761. The maximum atomic E-state index is 12.2. The third-order valence-electron chi connectivity index (χ3n) is 4.42. The van der Waals surface area contributed by atoms with Crippen molar-refractivity contribution < 1.29 is 4.79 Å². The van der Waals surface area contributed by atoms with Crippen molar-refractivity contribution in [3.8, 4) is 0 Å². The van der Waals surface area contributed by atoms with Gasteiger partial charge in [0.15, 0.2) is 0 Å². The fraction of sp³-hybridized carbons (Fsp3) is 0.556. The fourth-order valence-corrected chi connectivity index (χ4v) is 2.56. The van der Waals surface area contributed by atoms with E-state index in [0.717, 1.165) is 28.8 Å². The van der Waals surface area contributed by atoms with Crippen molar-refractivity contribution in [2.45, 2.75) is 46.1 Å². The molecular formula is C18H30Cl2N4O. The van der Waals surface area contributed by atoms with Gasteiger partial charge in [0.2, 0.25) is 5.91 Å². The number of halogens is 2. The van der Waals surface area contributed by atoms with Crippen molar-refractivity contribution in [2.75, 3.05) is 13.6 Å². The number of imidazole rings is 1. The van der Waals surface area contributed by atoms with Crippen molar-refractivity contribution in [1.82, 2.24) is 14.9 Å². The zero-order chi connectivity index (χ0) is 17.0. The lowest BCUT2D eigenvalue weighted by Crippen LogP contribution is -2.34. The Morgan fingerprint density at radius 1 is 1.32 bits per heavy atom. The number of nitrogens with one attached hydrogen (secondary N) is 1. The molecule has 0 aliphatic rings. The van der Waals surface area contributed by atoms with Gasteiger partial charge in [-0.15, -0.1) is 24.8 Å². The zero-order valence-electron chi connectivity index (χ0n) is 15.4. The van der Waals surface area contributed by atoms with E-state index in [1.165, 1.54) is 0 Å². The summed E-state index contributed by atoms with van der Waals surface area (Å²) in [6.45, 7) is 6.97. The van der Waals surface area contributed by atoms with E-state index in [1.54, 1.807) is 4.90 Å². The van der Waals surface area contributed by atoms with Crippen LogP contribution in [0.2, 0.25) is 0 Å². The van der Waals surface area contributed by atoms with E-state index in [9.17, 15) is 4.79 Å². The van der Waals surface area contributed by atoms with Crippen LogP contribution in [-0.4, -0.2) is 40.4 Å². The Hall–Kier alpha value is -1.30. The minimum atomic E-state index is 0. The highest BCUT2D eigenvalue weighted by Crippen LogP contribution is 2.16. The molecule has 0 fully saturated rings. The smallest absolute Gasteiger partial charge is 0.222 e. The van der Waals surface area contributed by atoms with Crippen LogP contribution in [-0.2, 0) is 11.2 Å². The summed E-state index contributed by atoms with van der Waals surface area (Å²) in [5.41, 5.74) is 9.21. The Bertz CT molecular complexity index is 672. The van der Waals surface area contributed by atoms with Gasteiger partial charge in [-0.2, -0.15) is 0 Å². The van der Waals surface area contributed by atoms with E-state index >= 15 is 0 Å². The summed E-state index contributed by atoms with van der Waals surface area (Å²) in [7, 11) is 1.85. The SMILES string of the molecule is Cc1cccc2[nH]c(CCC(=O)N(C)CCC(N)C(C)C)nc12.Cl.Cl. The number of rotatable bonds is 7. The van der Waals surface area contributed by atoms with Crippen LogP contribution in [0.15, 0.2) is 18.2 Å². The summed E-state index contributed by atoms with van der Waals surface area (Å²) in [6, 6.07) is 6.21. The Labute approximate surface area is 162 Å². The number of nitrogens with zero attached hydrogens (tertiary/aromatic N) is 2. The number of para-hydroxylation sites is 1. The van der Waals surface area contributed by atoms with Gasteiger partial charge in [-0.25, -0.2) is 4.98 Å². The molecule has 1 aromatic heterocycles. The monoisotopic (exact) mass is 388 g/mol. The average Bonchev–Trinajstić information content (AvgIpc) is 2.94. The predicted molar refractivity (Wildman–Crippen MR) is 109 cm³/mol. The Balaban J connectivity index is 0.00000288. The second-order valence-electron chi connectivity index (χ2n) is 6.67. The normalized spacial score (nSPS) is 11.8. The standard InChI is InChI=1S/C18H28N4O.2ClH/c1-12(2)14(19)10-11-22(4)17(23)9-8-16-20-15-7-5-6-13(3)18(15)21-16;;/h5-7,12,14H,8-11,19H2,1-4H3,(H,20,21);2*1H. The van der Waals surface area contributed by atoms with Crippen LogP contribution in [0.3, 0.4) is 0 Å². The van der Waals surface area contributed by atoms with Crippen LogP contribution >= 0.6 is 24.8 Å². The summed E-state index contributed by atoms with van der Waals surface area (Å²) in [5.74, 6) is 1.45. The first-order valence-electron chi connectivity index (χ1n) is 8.32. The average molecular weight is 389 g/mol. The number of benzene rings is 1. The minimum absolute atomic E-state index is 0. The van der Waals surface area contributed by atoms with Crippen molar-refractivity contribution in [2.24, 2.45) is 11.7 Å². The highest BCUT2D eigenvalue weighted by molar-refractivity contribution is 5.85. The van der Waals surface area contributed by atoms with Gasteiger partial charge in [-0.05, 0) is 30.9 Å². The number of aromatic amines is 1. The second-order valence-corrected chi connectivity index (χ2v) is 6.67. The maximum Gasteiger partial charge on any atom is 0.222 e. The summed E-state index contributed by atoms with van der Waals surface area (Å²) in [5, 5.41) is 0. The lowest BCUT2D eigenvalue weighted by atomic mass is 10.0. The van der Waals surface area contributed by atoms with Crippen molar-refractivity contribution >= 4 is 41.8 Å². The Morgan fingerprint density at radius 2 is 2.00 bits per heavy atom. The van der Waals surface area contributed by atoms with Crippen LogP contribution in [0.4, 0.5) is 0 Å². The van der Waals surface area contributed by atoms with Crippen LogP contribution in [0.5, 0.6) is 0 Å². The Kier molecular flexibility index (Phi) is 10.1. The lowest BCUT2D eigenvalue weighted by Gasteiger charge is -2.21.